The van der Waals surface area contributed by atoms with Gasteiger partial charge in [0.15, 0.2) is 0 Å². The number of aryl methyl sites for hydroxylation is 1. The summed E-state index contributed by atoms with van der Waals surface area (Å²) in [5.41, 5.74) is -0.0632. The number of likely N-dealkylation sites (tertiary alicyclic amines) is 1. The van der Waals surface area contributed by atoms with Gasteiger partial charge >= 0.3 is 13.1 Å². The minimum atomic E-state index is -1.55. The molecule has 0 atom stereocenters. The van der Waals surface area contributed by atoms with E-state index in [0.717, 1.165) is 4.88 Å². The average Bonchev–Trinajstić information content (AvgIpc) is 3.14. The fourth-order valence-corrected chi connectivity index (χ4v) is 3.79. The van der Waals surface area contributed by atoms with E-state index in [0.29, 0.717) is 30.9 Å². The van der Waals surface area contributed by atoms with Gasteiger partial charge in [-0.3, -0.25) is 0 Å². The zero-order chi connectivity index (χ0) is 21.0. The van der Waals surface area contributed by atoms with Crippen LogP contribution in [-0.2, 0) is 12.8 Å². The number of carboxylic acid groups (broad SMARTS) is 1. The number of phenols is 1. The van der Waals surface area contributed by atoms with Gasteiger partial charge in [-0.2, -0.15) is 0 Å². The summed E-state index contributed by atoms with van der Waals surface area (Å²) in [7, 11) is -1.55. The maximum absolute atomic E-state index is 11.6. The summed E-state index contributed by atoms with van der Waals surface area (Å²) in [5, 5.41) is 52.3. The fourth-order valence-electron chi connectivity index (χ4n) is 3.09. The molecule has 0 saturated carbocycles. The van der Waals surface area contributed by atoms with Crippen molar-refractivity contribution < 1.29 is 35.0 Å². The number of rotatable bonds is 8. The molecule has 1 fully saturated rings. The molecule has 0 spiro atoms. The molecule has 3 rings (SSSR count). The third-order valence-electron chi connectivity index (χ3n) is 4.64. The zero-order valence-corrected chi connectivity index (χ0v) is 16.2. The van der Waals surface area contributed by atoms with Gasteiger partial charge in [-0.05, 0) is 35.8 Å². The van der Waals surface area contributed by atoms with Crippen LogP contribution in [0.25, 0.3) is 0 Å². The maximum Gasteiger partial charge on any atom is 0.451 e. The molecule has 0 unspecified atom stereocenters. The lowest BCUT2D eigenvalue weighted by Gasteiger charge is -2.40. The SMILES string of the molecule is O=C(O)c1c(OC2CN(C(Cc3cccs3)=NO)C2)ccc(CCB(O)O)c1O. The van der Waals surface area contributed by atoms with Gasteiger partial charge in [-0.15, -0.1) is 11.3 Å². The minimum absolute atomic E-state index is 0.0298. The van der Waals surface area contributed by atoms with Crippen LogP contribution in [0.4, 0.5) is 0 Å². The lowest BCUT2D eigenvalue weighted by Crippen LogP contribution is -2.56. The van der Waals surface area contributed by atoms with Crippen molar-refractivity contribution in [3.05, 3.63) is 45.6 Å². The van der Waals surface area contributed by atoms with E-state index in [4.69, 9.17) is 14.8 Å². The van der Waals surface area contributed by atoms with Gasteiger partial charge in [0.25, 0.3) is 0 Å². The average molecular weight is 420 g/mol. The molecular weight excluding hydrogens is 399 g/mol. The topological polar surface area (TPSA) is 143 Å². The van der Waals surface area contributed by atoms with E-state index in [1.165, 1.54) is 12.1 Å². The van der Waals surface area contributed by atoms with E-state index < -0.39 is 18.8 Å². The molecule has 154 valence electrons. The summed E-state index contributed by atoms with van der Waals surface area (Å²) in [5.74, 6) is -1.24. The van der Waals surface area contributed by atoms with Crippen molar-refractivity contribution >= 4 is 30.3 Å². The number of carbonyl (C=O) groups is 1. The Morgan fingerprint density at radius 2 is 2.07 bits per heavy atom. The molecule has 11 heteroatoms. The summed E-state index contributed by atoms with van der Waals surface area (Å²) < 4.78 is 5.75. The second-order valence-electron chi connectivity index (χ2n) is 6.69. The molecule has 1 aliphatic rings. The molecule has 29 heavy (non-hydrogen) atoms. The molecule has 0 radical (unpaired) electrons. The summed E-state index contributed by atoms with van der Waals surface area (Å²) in [6.45, 7) is 0.839. The summed E-state index contributed by atoms with van der Waals surface area (Å²) >= 11 is 1.56. The van der Waals surface area contributed by atoms with Crippen LogP contribution < -0.4 is 4.74 Å². The van der Waals surface area contributed by atoms with Gasteiger partial charge in [0.1, 0.15) is 29.0 Å². The molecule has 0 bridgehead atoms. The van der Waals surface area contributed by atoms with Crippen molar-refractivity contribution in [1.29, 1.82) is 0 Å². The number of ether oxygens (including phenoxy) is 1. The van der Waals surface area contributed by atoms with Gasteiger partial charge in [0, 0.05) is 11.3 Å². The second kappa shape index (κ2) is 9.16. The van der Waals surface area contributed by atoms with Gasteiger partial charge < -0.3 is 35.1 Å². The third-order valence-corrected chi connectivity index (χ3v) is 5.52. The van der Waals surface area contributed by atoms with E-state index in [9.17, 15) is 20.2 Å². The molecule has 1 aromatic carbocycles. The highest BCUT2D eigenvalue weighted by atomic mass is 32.1. The highest BCUT2D eigenvalue weighted by Crippen LogP contribution is 2.34. The van der Waals surface area contributed by atoms with Crippen molar-refractivity contribution in [2.24, 2.45) is 5.16 Å². The molecule has 2 aromatic rings. The number of amidine groups is 1. The number of hydrogen-bond donors (Lipinski definition) is 5. The Bertz CT molecular complexity index is 883. The number of thiophene rings is 1. The Morgan fingerprint density at radius 1 is 1.31 bits per heavy atom. The first-order valence-electron chi connectivity index (χ1n) is 8.98. The standard InChI is InChI=1S/C18H21BN2O7S/c22-17-11(5-6-19(25)26)3-4-14(16(17)18(23)24)28-12-9-21(10-12)15(20-27)8-13-2-1-7-29-13/h1-4,7,12,22,25-27H,5-6,8-10H2,(H,23,24). The normalized spacial score (nSPS) is 14.6. The summed E-state index contributed by atoms with van der Waals surface area (Å²) in [4.78, 5) is 14.5. The molecule has 1 saturated heterocycles. The number of nitrogens with zero attached hydrogens (tertiary/aromatic N) is 2. The second-order valence-corrected chi connectivity index (χ2v) is 7.72. The molecule has 9 nitrogen and oxygen atoms in total. The molecule has 0 amide bonds. The summed E-state index contributed by atoms with van der Waals surface area (Å²) in [6, 6.07) is 6.83. The van der Waals surface area contributed by atoms with Crippen LogP contribution in [0.3, 0.4) is 0 Å². The van der Waals surface area contributed by atoms with Gasteiger partial charge in [-0.1, -0.05) is 17.3 Å². The molecular formula is C18H21BN2O7S. The molecule has 5 N–H and O–H groups in total. The Hall–Kier alpha value is -2.76. The van der Waals surface area contributed by atoms with Gasteiger partial charge in [0.2, 0.25) is 0 Å². The predicted molar refractivity (Wildman–Crippen MR) is 107 cm³/mol. The minimum Gasteiger partial charge on any atom is -0.507 e. The Kier molecular flexibility index (Phi) is 6.62. The first kappa shape index (κ1) is 21.0. The Morgan fingerprint density at radius 3 is 2.66 bits per heavy atom. The van der Waals surface area contributed by atoms with E-state index in [-0.39, 0.29) is 30.2 Å². The van der Waals surface area contributed by atoms with Gasteiger partial charge in [0.05, 0.1) is 13.1 Å². The largest absolute Gasteiger partial charge is 0.507 e. The predicted octanol–water partition coefficient (Wildman–Crippen LogP) is 1.26. The van der Waals surface area contributed by atoms with E-state index in [2.05, 4.69) is 5.16 Å². The molecule has 1 aliphatic heterocycles. The number of benzene rings is 1. The van der Waals surface area contributed by atoms with Crippen molar-refractivity contribution in [1.82, 2.24) is 4.90 Å². The van der Waals surface area contributed by atoms with Crippen LogP contribution in [-0.4, -0.2) is 68.5 Å². The number of carboxylic acids is 1. The number of aromatic carboxylic acids is 1. The van der Waals surface area contributed by atoms with Crippen LogP contribution in [0.2, 0.25) is 6.32 Å². The monoisotopic (exact) mass is 420 g/mol. The van der Waals surface area contributed by atoms with Crippen molar-refractivity contribution in [3.8, 4) is 11.5 Å². The van der Waals surface area contributed by atoms with Crippen molar-refractivity contribution in [2.75, 3.05) is 13.1 Å². The highest BCUT2D eigenvalue weighted by molar-refractivity contribution is 7.10. The van der Waals surface area contributed by atoms with E-state index in [1.807, 2.05) is 22.4 Å². The van der Waals surface area contributed by atoms with Crippen LogP contribution in [0.15, 0.2) is 34.8 Å². The number of aromatic hydroxyl groups is 1. The van der Waals surface area contributed by atoms with Crippen LogP contribution in [0.1, 0.15) is 20.8 Å². The van der Waals surface area contributed by atoms with Crippen LogP contribution in [0.5, 0.6) is 11.5 Å². The molecule has 0 aliphatic carbocycles. The van der Waals surface area contributed by atoms with Crippen molar-refractivity contribution in [3.63, 3.8) is 0 Å². The lowest BCUT2D eigenvalue weighted by atomic mass is 9.82. The fraction of sp³-hybridized carbons (Fsp3) is 0.333. The zero-order valence-electron chi connectivity index (χ0n) is 15.4. The van der Waals surface area contributed by atoms with Crippen LogP contribution >= 0.6 is 11.3 Å². The Balaban J connectivity index is 1.65. The van der Waals surface area contributed by atoms with Crippen LogP contribution in [0, 0.1) is 0 Å². The van der Waals surface area contributed by atoms with Gasteiger partial charge in [-0.25, -0.2) is 4.79 Å². The molecule has 2 heterocycles. The summed E-state index contributed by atoms with van der Waals surface area (Å²) in [6.07, 6.45) is 0.254. The highest BCUT2D eigenvalue weighted by Gasteiger charge is 2.33. The van der Waals surface area contributed by atoms with E-state index >= 15 is 0 Å². The quantitative estimate of drug-likeness (QED) is 0.141. The first-order chi connectivity index (χ1) is 13.9. The Labute approximate surface area is 171 Å². The first-order valence-corrected chi connectivity index (χ1v) is 9.86. The maximum atomic E-state index is 11.6. The number of oxime groups is 1. The molecule has 1 aromatic heterocycles. The third kappa shape index (κ3) is 5.00. The lowest BCUT2D eigenvalue weighted by molar-refractivity contribution is 0.0577. The smallest absolute Gasteiger partial charge is 0.451 e. The number of hydrogen-bond acceptors (Lipinski definition) is 8. The van der Waals surface area contributed by atoms with E-state index in [1.54, 1.807) is 11.3 Å². The van der Waals surface area contributed by atoms with Crippen molar-refractivity contribution in [2.45, 2.75) is 25.3 Å².